The second kappa shape index (κ2) is 3.34. The van der Waals surface area contributed by atoms with Crippen molar-refractivity contribution >= 4 is 0 Å². The maximum absolute atomic E-state index is 13.4. The van der Waals surface area contributed by atoms with Crippen LogP contribution >= 0.6 is 0 Å². The number of hydrogen-bond donors (Lipinski definition) is 1. The Morgan fingerprint density at radius 2 is 1.93 bits per heavy atom. The van der Waals surface area contributed by atoms with Gasteiger partial charge < -0.3 is 15.2 Å². The van der Waals surface area contributed by atoms with E-state index in [1.165, 1.54) is 6.07 Å². The topological polar surface area (TPSA) is 44.5 Å². The van der Waals surface area contributed by atoms with E-state index in [0.29, 0.717) is 17.1 Å². The van der Waals surface area contributed by atoms with Crippen LogP contribution in [0.2, 0.25) is 0 Å². The zero-order chi connectivity index (χ0) is 11.1. The normalized spacial score (nSPS) is 14.4. The molecule has 1 aromatic carbocycles. The molecule has 0 aromatic heterocycles. The van der Waals surface area contributed by atoms with Crippen molar-refractivity contribution in [2.45, 2.75) is 12.8 Å². The van der Waals surface area contributed by atoms with Gasteiger partial charge in [-0.2, -0.15) is 8.78 Å². The summed E-state index contributed by atoms with van der Waals surface area (Å²) in [6, 6.07) is 2.84. The average Bonchev–Trinajstić information content (AvgIpc) is 2.63. The lowest BCUT2D eigenvalue weighted by Gasteiger charge is -2.17. The molecule has 3 nitrogen and oxygen atoms in total. The highest BCUT2D eigenvalue weighted by molar-refractivity contribution is 5.49. The highest BCUT2D eigenvalue weighted by Gasteiger charge is 2.33. The fourth-order valence-corrected chi connectivity index (χ4v) is 1.55. The van der Waals surface area contributed by atoms with Gasteiger partial charge in [0.05, 0.1) is 6.54 Å². The van der Waals surface area contributed by atoms with Gasteiger partial charge >= 0.3 is 0 Å². The van der Waals surface area contributed by atoms with Gasteiger partial charge in [-0.1, -0.05) is 0 Å². The lowest BCUT2D eigenvalue weighted by Crippen LogP contribution is -2.25. The smallest absolute Gasteiger partial charge is 0.285 e. The summed E-state index contributed by atoms with van der Waals surface area (Å²) in [7, 11) is 0. The van der Waals surface area contributed by atoms with Gasteiger partial charge in [0, 0.05) is 5.56 Å². The van der Waals surface area contributed by atoms with Gasteiger partial charge in [0.25, 0.3) is 5.92 Å². The van der Waals surface area contributed by atoms with Crippen LogP contribution in [0.3, 0.4) is 0 Å². The van der Waals surface area contributed by atoms with Crippen molar-refractivity contribution in [2.24, 2.45) is 5.73 Å². The number of alkyl halides is 2. The van der Waals surface area contributed by atoms with Gasteiger partial charge in [0.2, 0.25) is 6.79 Å². The van der Waals surface area contributed by atoms with E-state index in [1.807, 2.05) is 0 Å². The fourth-order valence-electron chi connectivity index (χ4n) is 1.55. The molecule has 0 unspecified atom stereocenters. The van der Waals surface area contributed by atoms with Crippen molar-refractivity contribution in [3.05, 3.63) is 23.3 Å². The summed E-state index contributed by atoms with van der Waals surface area (Å²) >= 11 is 0. The van der Waals surface area contributed by atoms with Crippen LogP contribution in [-0.2, 0) is 5.92 Å². The van der Waals surface area contributed by atoms with Crippen LogP contribution in [0.1, 0.15) is 11.1 Å². The lowest BCUT2D eigenvalue weighted by atomic mass is 10.0. The molecular formula is C10H11F2NO2. The molecule has 15 heavy (non-hydrogen) atoms. The van der Waals surface area contributed by atoms with E-state index in [-0.39, 0.29) is 12.4 Å². The van der Waals surface area contributed by atoms with Crippen molar-refractivity contribution < 1.29 is 18.3 Å². The van der Waals surface area contributed by atoms with E-state index >= 15 is 0 Å². The Hall–Kier alpha value is -1.36. The van der Waals surface area contributed by atoms with Gasteiger partial charge in [0.1, 0.15) is 0 Å². The molecular weight excluding hydrogens is 204 g/mol. The van der Waals surface area contributed by atoms with Crippen LogP contribution in [-0.4, -0.2) is 13.3 Å². The van der Waals surface area contributed by atoms with Crippen molar-refractivity contribution in [2.75, 3.05) is 13.3 Å². The Kier molecular flexibility index (Phi) is 2.26. The minimum atomic E-state index is -3.02. The zero-order valence-corrected chi connectivity index (χ0v) is 8.22. The fraction of sp³-hybridized carbons (Fsp3) is 0.400. The molecule has 0 spiro atoms. The zero-order valence-electron chi connectivity index (χ0n) is 8.22. The van der Waals surface area contributed by atoms with Crippen LogP contribution in [0, 0.1) is 6.92 Å². The first-order chi connectivity index (χ1) is 7.04. The molecule has 1 aliphatic heterocycles. The van der Waals surface area contributed by atoms with E-state index < -0.39 is 12.5 Å². The van der Waals surface area contributed by atoms with Crippen LogP contribution in [0.25, 0.3) is 0 Å². The molecule has 1 aliphatic rings. The Morgan fingerprint density at radius 3 is 2.53 bits per heavy atom. The second-order valence-electron chi connectivity index (χ2n) is 3.43. The third-order valence-corrected chi connectivity index (χ3v) is 2.37. The average molecular weight is 215 g/mol. The summed E-state index contributed by atoms with van der Waals surface area (Å²) in [6.45, 7) is 0.959. The van der Waals surface area contributed by atoms with Crippen LogP contribution < -0.4 is 15.2 Å². The molecule has 0 fully saturated rings. The summed E-state index contributed by atoms with van der Waals surface area (Å²) in [5, 5.41) is 0. The van der Waals surface area contributed by atoms with Crippen molar-refractivity contribution in [1.82, 2.24) is 0 Å². The van der Waals surface area contributed by atoms with Gasteiger partial charge in [-0.15, -0.1) is 0 Å². The quantitative estimate of drug-likeness (QED) is 0.817. The van der Waals surface area contributed by atoms with Crippen molar-refractivity contribution in [3.8, 4) is 11.5 Å². The first kappa shape index (κ1) is 10.2. The number of ether oxygens (including phenoxy) is 2. The Bertz CT molecular complexity index is 393. The molecule has 2 rings (SSSR count). The minimum absolute atomic E-state index is 0.0758. The first-order valence-corrected chi connectivity index (χ1v) is 4.53. The van der Waals surface area contributed by atoms with Crippen molar-refractivity contribution in [1.29, 1.82) is 0 Å². The van der Waals surface area contributed by atoms with Crippen LogP contribution in [0.15, 0.2) is 12.1 Å². The molecule has 82 valence electrons. The third kappa shape index (κ3) is 1.63. The third-order valence-electron chi connectivity index (χ3n) is 2.37. The molecule has 0 saturated heterocycles. The van der Waals surface area contributed by atoms with E-state index in [2.05, 4.69) is 0 Å². The molecule has 0 atom stereocenters. The van der Waals surface area contributed by atoms with Gasteiger partial charge in [0.15, 0.2) is 11.5 Å². The second-order valence-corrected chi connectivity index (χ2v) is 3.43. The molecule has 0 radical (unpaired) electrons. The molecule has 0 bridgehead atoms. The van der Waals surface area contributed by atoms with E-state index in [4.69, 9.17) is 15.2 Å². The van der Waals surface area contributed by atoms with Gasteiger partial charge in [-0.3, -0.25) is 0 Å². The lowest BCUT2D eigenvalue weighted by molar-refractivity contribution is 0.00515. The van der Waals surface area contributed by atoms with Crippen molar-refractivity contribution in [3.63, 3.8) is 0 Å². The minimum Gasteiger partial charge on any atom is -0.454 e. The standard InChI is InChI=1S/C10H11F2NO2/c1-6-2-8-9(15-5-14-8)3-7(6)10(11,12)4-13/h2-3H,4-5,13H2,1H3. The van der Waals surface area contributed by atoms with Crippen LogP contribution in [0.5, 0.6) is 11.5 Å². The predicted molar refractivity (Wildman–Crippen MR) is 50.3 cm³/mol. The summed E-state index contributed by atoms with van der Waals surface area (Å²) in [6.07, 6.45) is 0. The molecule has 0 saturated carbocycles. The summed E-state index contributed by atoms with van der Waals surface area (Å²) in [5.41, 5.74) is 5.38. The maximum atomic E-state index is 13.4. The summed E-state index contributed by atoms with van der Waals surface area (Å²) in [5.74, 6) is -2.17. The Balaban J connectivity index is 2.49. The SMILES string of the molecule is Cc1cc2c(cc1C(F)(F)CN)OCO2. The Morgan fingerprint density at radius 1 is 1.33 bits per heavy atom. The molecule has 5 heteroatoms. The molecule has 1 heterocycles. The highest BCUT2D eigenvalue weighted by Crippen LogP contribution is 2.39. The monoisotopic (exact) mass is 215 g/mol. The highest BCUT2D eigenvalue weighted by atomic mass is 19.3. The number of hydrogen-bond acceptors (Lipinski definition) is 3. The van der Waals surface area contributed by atoms with E-state index in [9.17, 15) is 8.78 Å². The summed E-state index contributed by atoms with van der Waals surface area (Å²) < 4.78 is 36.9. The maximum Gasteiger partial charge on any atom is 0.285 e. The Labute approximate surface area is 85.8 Å². The van der Waals surface area contributed by atoms with Gasteiger partial charge in [-0.25, -0.2) is 0 Å². The number of nitrogens with two attached hydrogens (primary N) is 1. The number of rotatable bonds is 2. The predicted octanol–water partition coefficient (Wildman–Crippen LogP) is 1.77. The number of aryl methyl sites for hydroxylation is 1. The van der Waals surface area contributed by atoms with Gasteiger partial charge in [-0.05, 0) is 24.6 Å². The number of fused-ring (bicyclic) bond motifs is 1. The summed E-state index contributed by atoms with van der Waals surface area (Å²) in [4.78, 5) is 0. The van der Waals surface area contributed by atoms with E-state index in [1.54, 1.807) is 13.0 Å². The molecule has 1 aromatic rings. The number of halogens is 2. The van der Waals surface area contributed by atoms with E-state index in [0.717, 1.165) is 0 Å². The largest absolute Gasteiger partial charge is 0.454 e. The molecule has 0 aliphatic carbocycles. The van der Waals surface area contributed by atoms with Crippen LogP contribution in [0.4, 0.5) is 8.78 Å². The number of benzene rings is 1. The first-order valence-electron chi connectivity index (χ1n) is 4.53. The molecule has 2 N–H and O–H groups in total. The molecule has 0 amide bonds.